The fourth-order valence-electron chi connectivity index (χ4n) is 2.29. The number of carbonyl (C=O) groups is 1. The monoisotopic (exact) mass is 269 g/mol. The largest absolute Gasteiger partial charge is 0.488 e. The number of ether oxygens (including phenoxy) is 1. The predicted molar refractivity (Wildman–Crippen MR) is 73.4 cm³/mol. The van der Waals surface area contributed by atoms with E-state index < -0.39 is 0 Å². The number of hydrogen-bond acceptors (Lipinski definition) is 4. The van der Waals surface area contributed by atoms with Gasteiger partial charge < -0.3 is 9.64 Å². The summed E-state index contributed by atoms with van der Waals surface area (Å²) < 4.78 is 5.84. The smallest absolute Gasteiger partial charge is 0.255 e. The summed E-state index contributed by atoms with van der Waals surface area (Å²) in [6.07, 6.45) is 7.54. The van der Waals surface area contributed by atoms with Crippen LogP contribution in [0.5, 0.6) is 5.75 Å². The van der Waals surface area contributed by atoms with Crippen molar-refractivity contribution in [1.29, 1.82) is 0 Å². The van der Waals surface area contributed by atoms with Crippen LogP contribution in [0, 0.1) is 0 Å². The molecule has 1 aliphatic rings. The molecule has 5 nitrogen and oxygen atoms in total. The quantitative estimate of drug-likeness (QED) is 0.852. The summed E-state index contributed by atoms with van der Waals surface area (Å²) in [7, 11) is 0. The van der Waals surface area contributed by atoms with Gasteiger partial charge in [0.1, 0.15) is 11.9 Å². The summed E-state index contributed by atoms with van der Waals surface area (Å²) in [6.45, 7) is 1.32. The molecule has 102 valence electrons. The van der Waals surface area contributed by atoms with Crippen LogP contribution in [0.4, 0.5) is 0 Å². The predicted octanol–water partition coefficient (Wildman–Crippen LogP) is 1.77. The van der Waals surface area contributed by atoms with Gasteiger partial charge in [0.2, 0.25) is 0 Å². The van der Waals surface area contributed by atoms with Gasteiger partial charge >= 0.3 is 0 Å². The Balaban J connectivity index is 1.61. The molecule has 2 aromatic rings. The second kappa shape index (κ2) is 5.69. The van der Waals surface area contributed by atoms with Crippen LogP contribution in [0.1, 0.15) is 16.8 Å². The normalized spacial score (nSPS) is 18.0. The minimum atomic E-state index is 0.0129. The topological polar surface area (TPSA) is 55.3 Å². The molecule has 0 radical (unpaired) electrons. The fourth-order valence-corrected chi connectivity index (χ4v) is 2.29. The molecular formula is C15H15N3O2. The molecule has 1 atom stereocenters. The van der Waals surface area contributed by atoms with Crippen molar-refractivity contribution in [3.05, 3.63) is 54.6 Å². The molecular weight excluding hydrogens is 254 g/mol. The number of likely N-dealkylation sites (tertiary alicyclic amines) is 1. The molecule has 0 saturated carbocycles. The number of pyridine rings is 2. The van der Waals surface area contributed by atoms with E-state index in [2.05, 4.69) is 9.97 Å². The summed E-state index contributed by atoms with van der Waals surface area (Å²) in [5.74, 6) is 0.805. The van der Waals surface area contributed by atoms with Gasteiger partial charge in [0, 0.05) is 37.8 Å². The average molecular weight is 269 g/mol. The van der Waals surface area contributed by atoms with Crippen LogP contribution in [0.25, 0.3) is 0 Å². The Hall–Kier alpha value is -2.43. The highest BCUT2D eigenvalue weighted by Crippen LogP contribution is 2.19. The zero-order chi connectivity index (χ0) is 13.8. The number of carbonyl (C=O) groups excluding carboxylic acids is 1. The Bertz CT molecular complexity index is 574. The van der Waals surface area contributed by atoms with Crippen molar-refractivity contribution < 1.29 is 9.53 Å². The van der Waals surface area contributed by atoms with Gasteiger partial charge in [-0.3, -0.25) is 14.8 Å². The van der Waals surface area contributed by atoms with Crippen molar-refractivity contribution in [1.82, 2.24) is 14.9 Å². The van der Waals surface area contributed by atoms with E-state index in [9.17, 15) is 4.79 Å². The summed E-state index contributed by atoms with van der Waals surface area (Å²) in [4.78, 5) is 22.0. The standard InChI is InChI=1S/C15H15N3O2/c19-15(12-2-1-6-17-10-12)18-9-5-14(11-18)20-13-3-7-16-8-4-13/h1-4,6-8,10,14H,5,9,11H2/t14-/m0/s1. The Morgan fingerprint density at radius 2 is 2.05 bits per heavy atom. The Kier molecular flexibility index (Phi) is 3.58. The van der Waals surface area contributed by atoms with Crippen LogP contribution in [0.2, 0.25) is 0 Å². The minimum Gasteiger partial charge on any atom is -0.488 e. The molecule has 0 aromatic carbocycles. The highest BCUT2D eigenvalue weighted by molar-refractivity contribution is 5.94. The fraction of sp³-hybridized carbons (Fsp3) is 0.267. The van der Waals surface area contributed by atoms with Crippen LogP contribution >= 0.6 is 0 Å². The molecule has 1 fully saturated rings. The molecule has 1 amide bonds. The third-order valence-corrected chi connectivity index (χ3v) is 3.29. The highest BCUT2D eigenvalue weighted by atomic mass is 16.5. The maximum absolute atomic E-state index is 12.3. The molecule has 0 spiro atoms. The molecule has 1 saturated heterocycles. The van der Waals surface area contributed by atoms with Gasteiger partial charge in [-0.25, -0.2) is 0 Å². The van der Waals surface area contributed by atoms with E-state index in [1.165, 1.54) is 0 Å². The third kappa shape index (κ3) is 2.77. The molecule has 20 heavy (non-hydrogen) atoms. The molecule has 0 bridgehead atoms. The second-order valence-corrected chi connectivity index (χ2v) is 4.70. The zero-order valence-corrected chi connectivity index (χ0v) is 11.0. The third-order valence-electron chi connectivity index (χ3n) is 3.29. The van der Waals surface area contributed by atoms with E-state index in [1.54, 1.807) is 36.9 Å². The van der Waals surface area contributed by atoms with Gasteiger partial charge in [-0.1, -0.05) is 0 Å². The Morgan fingerprint density at radius 3 is 2.80 bits per heavy atom. The SMILES string of the molecule is O=C(c1cccnc1)N1CC[C@H](Oc2ccncc2)C1. The lowest BCUT2D eigenvalue weighted by Crippen LogP contribution is -2.30. The molecule has 3 rings (SSSR count). The van der Waals surface area contributed by atoms with E-state index in [0.29, 0.717) is 18.7 Å². The lowest BCUT2D eigenvalue weighted by atomic mass is 10.2. The van der Waals surface area contributed by atoms with Crippen molar-refractivity contribution in [2.24, 2.45) is 0 Å². The molecule has 0 aliphatic carbocycles. The van der Waals surface area contributed by atoms with Gasteiger partial charge in [-0.2, -0.15) is 0 Å². The molecule has 0 N–H and O–H groups in total. The Labute approximate surface area is 117 Å². The van der Waals surface area contributed by atoms with Crippen molar-refractivity contribution in [3.8, 4) is 5.75 Å². The van der Waals surface area contributed by atoms with E-state index in [4.69, 9.17) is 4.74 Å². The number of aromatic nitrogens is 2. The Morgan fingerprint density at radius 1 is 1.20 bits per heavy atom. The van der Waals surface area contributed by atoms with Crippen LogP contribution in [-0.2, 0) is 0 Å². The first-order chi connectivity index (χ1) is 9.83. The van der Waals surface area contributed by atoms with Crippen molar-refractivity contribution in [3.63, 3.8) is 0 Å². The molecule has 1 aliphatic heterocycles. The lowest BCUT2D eigenvalue weighted by Gasteiger charge is -2.17. The van der Waals surface area contributed by atoms with Crippen LogP contribution < -0.4 is 4.74 Å². The van der Waals surface area contributed by atoms with E-state index in [1.807, 2.05) is 17.0 Å². The zero-order valence-electron chi connectivity index (χ0n) is 11.0. The van der Waals surface area contributed by atoms with Gasteiger partial charge in [0.25, 0.3) is 5.91 Å². The van der Waals surface area contributed by atoms with Gasteiger partial charge in [-0.05, 0) is 24.3 Å². The summed E-state index contributed by atoms with van der Waals surface area (Å²) >= 11 is 0. The molecule has 5 heteroatoms. The van der Waals surface area contributed by atoms with E-state index in [0.717, 1.165) is 12.2 Å². The van der Waals surface area contributed by atoms with Gasteiger partial charge in [-0.15, -0.1) is 0 Å². The molecule has 3 heterocycles. The van der Waals surface area contributed by atoms with Crippen molar-refractivity contribution >= 4 is 5.91 Å². The van der Waals surface area contributed by atoms with Crippen molar-refractivity contribution in [2.45, 2.75) is 12.5 Å². The summed E-state index contributed by atoms with van der Waals surface area (Å²) in [5, 5.41) is 0. The number of nitrogens with zero attached hydrogens (tertiary/aromatic N) is 3. The van der Waals surface area contributed by atoms with Crippen molar-refractivity contribution in [2.75, 3.05) is 13.1 Å². The molecule has 0 unspecified atom stereocenters. The lowest BCUT2D eigenvalue weighted by molar-refractivity contribution is 0.0772. The van der Waals surface area contributed by atoms with E-state index >= 15 is 0 Å². The van der Waals surface area contributed by atoms with Crippen LogP contribution in [0.15, 0.2) is 49.1 Å². The first-order valence-corrected chi connectivity index (χ1v) is 6.59. The van der Waals surface area contributed by atoms with Gasteiger partial charge in [0.05, 0.1) is 12.1 Å². The summed E-state index contributed by atoms with van der Waals surface area (Å²) in [5.41, 5.74) is 0.622. The summed E-state index contributed by atoms with van der Waals surface area (Å²) in [6, 6.07) is 7.21. The minimum absolute atomic E-state index is 0.0129. The number of hydrogen-bond donors (Lipinski definition) is 0. The second-order valence-electron chi connectivity index (χ2n) is 4.70. The molecule has 2 aromatic heterocycles. The van der Waals surface area contributed by atoms with Crippen LogP contribution in [0.3, 0.4) is 0 Å². The number of rotatable bonds is 3. The first kappa shape index (κ1) is 12.6. The first-order valence-electron chi connectivity index (χ1n) is 6.59. The highest BCUT2D eigenvalue weighted by Gasteiger charge is 2.28. The number of amides is 1. The van der Waals surface area contributed by atoms with E-state index in [-0.39, 0.29) is 12.0 Å². The van der Waals surface area contributed by atoms with Crippen LogP contribution in [-0.4, -0.2) is 40.0 Å². The maximum atomic E-state index is 12.3. The average Bonchev–Trinajstić information content (AvgIpc) is 2.97. The maximum Gasteiger partial charge on any atom is 0.255 e. The van der Waals surface area contributed by atoms with Gasteiger partial charge in [0.15, 0.2) is 0 Å².